The third-order valence-electron chi connectivity index (χ3n) is 4.96. The van der Waals surface area contributed by atoms with Crippen LogP contribution < -0.4 is 0 Å². The second-order valence-electron chi connectivity index (χ2n) is 6.74. The molecule has 0 aliphatic heterocycles. The summed E-state index contributed by atoms with van der Waals surface area (Å²) in [6.45, 7) is 4.29. The van der Waals surface area contributed by atoms with Crippen LogP contribution in [0, 0.1) is 5.82 Å². The van der Waals surface area contributed by atoms with Gasteiger partial charge in [-0.3, -0.25) is 0 Å². The number of hydrogen-bond acceptors (Lipinski definition) is 0. The van der Waals surface area contributed by atoms with E-state index in [0.29, 0.717) is 0 Å². The highest BCUT2D eigenvalue weighted by molar-refractivity contribution is 5.90. The topological polar surface area (TPSA) is 31.6 Å². The lowest BCUT2D eigenvalue weighted by Crippen LogP contribution is -1.87. The Bertz CT molecular complexity index is 1270. The number of H-pyrrole nitrogens is 2. The van der Waals surface area contributed by atoms with Crippen LogP contribution in [-0.2, 0) is 0 Å². The summed E-state index contributed by atoms with van der Waals surface area (Å²) in [6, 6.07) is 25.3. The molecule has 2 heterocycles. The highest BCUT2D eigenvalue weighted by Crippen LogP contribution is 2.29. The maximum absolute atomic E-state index is 13.5. The molecule has 3 heteroatoms. The van der Waals surface area contributed by atoms with Gasteiger partial charge < -0.3 is 9.97 Å². The van der Waals surface area contributed by atoms with Gasteiger partial charge in [0.25, 0.3) is 0 Å². The van der Waals surface area contributed by atoms with Crippen LogP contribution in [0.2, 0.25) is 0 Å². The summed E-state index contributed by atoms with van der Waals surface area (Å²) >= 11 is 0. The van der Waals surface area contributed by atoms with Gasteiger partial charge in [-0.25, -0.2) is 4.39 Å². The maximum atomic E-state index is 13.5. The lowest BCUT2D eigenvalue weighted by Gasteiger charge is -2.06. The first-order valence-electron chi connectivity index (χ1n) is 8.83. The van der Waals surface area contributed by atoms with Gasteiger partial charge in [0.2, 0.25) is 0 Å². The van der Waals surface area contributed by atoms with Crippen molar-refractivity contribution in [3.05, 3.63) is 103 Å². The normalized spacial score (nSPS) is 11.3. The van der Waals surface area contributed by atoms with Gasteiger partial charge in [-0.15, -0.1) is 0 Å². The average molecular weight is 352 g/mol. The van der Waals surface area contributed by atoms with Crippen LogP contribution in [-0.4, -0.2) is 9.97 Å². The lowest BCUT2D eigenvalue weighted by atomic mass is 10.0. The number of hydrogen-bond donors (Lipinski definition) is 2. The summed E-state index contributed by atoms with van der Waals surface area (Å²) in [7, 11) is 0. The third kappa shape index (κ3) is 2.74. The molecule has 0 amide bonds. The Morgan fingerprint density at radius 3 is 2.48 bits per heavy atom. The van der Waals surface area contributed by atoms with Crippen LogP contribution in [0.4, 0.5) is 4.39 Å². The predicted octanol–water partition coefficient (Wildman–Crippen LogP) is 6.52. The summed E-state index contributed by atoms with van der Waals surface area (Å²) < 4.78 is 13.5. The Morgan fingerprint density at radius 1 is 0.741 bits per heavy atom. The highest BCUT2D eigenvalue weighted by atomic mass is 19.1. The van der Waals surface area contributed by atoms with Crippen molar-refractivity contribution in [1.29, 1.82) is 0 Å². The lowest BCUT2D eigenvalue weighted by molar-refractivity contribution is 0.630. The molecule has 0 spiro atoms. The summed E-state index contributed by atoms with van der Waals surface area (Å²) in [6.07, 6.45) is 0. The van der Waals surface area contributed by atoms with Crippen LogP contribution in [0.3, 0.4) is 0 Å². The number of aromatic nitrogens is 2. The quantitative estimate of drug-likeness (QED) is 0.371. The van der Waals surface area contributed by atoms with E-state index in [1.165, 1.54) is 11.5 Å². The van der Waals surface area contributed by atoms with Crippen molar-refractivity contribution in [2.45, 2.75) is 0 Å². The van der Waals surface area contributed by atoms with Crippen molar-refractivity contribution in [1.82, 2.24) is 9.97 Å². The van der Waals surface area contributed by atoms with Crippen molar-refractivity contribution in [3.8, 4) is 11.3 Å². The molecule has 5 aromatic rings. The second kappa shape index (κ2) is 5.99. The minimum Gasteiger partial charge on any atom is -0.355 e. The monoisotopic (exact) mass is 352 g/mol. The molecule has 0 saturated carbocycles. The summed E-state index contributed by atoms with van der Waals surface area (Å²) in [5.41, 5.74) is 7.02. The molecule has 2 nitrogen and oxygen atoms in total. The fourth-order valence-corrected chi connectivity index (χ4v) is 3.52. The van der Waals surface area contributed by atoms with Gasteiger partial charge in [-0.1, -0.05) is 43.0 Å². The summed E-state index contributed by atoms with van der Waals surface area (Å²) in [4.78, 5) is 6.79. The Morgan fingerprint density at radius 2 is 1.59 bits per heavy atom. The first kappa shape index (κ1) is 15.6. The van der Waals surface area contributed by atoms with E-state index in [-0.39, 0.29) is 5.82 Å². The zero-order valence-electron chi connectivity index (χ0n) is 14.6. The first-order valence-corrected chi connectivity index (χ1v) is 8.83. The number of nitrogens with one attached hydrogen (secondary N) is 2. The third-order valence-corrected chi connectivity index (χ3v) is 4.96. The van der Waals surface area contributed by atoms with Crippen LogP contribution in [0.5, 0.6) is 0 Å². The van der Waals surface area contributed by atoms with Crippen LogP contribution >= 0.6 is 0 Å². The molecule has 3 aromatic carbocycles. The Hall–Kier alpha value is -3.59. The van der Waals surface area contributed by atoms with Gasteiger partial charge in [0.05, 0.1) is 0 Å². The van der Waals surface area contributed by atoms with Crippen LogP contribution in [0.1, 0.15) is 11.3 Å². The van der Waals surface area contributed by atoms with E-state index in [9.17, 15) is 4.39 Å². The first-order chi connectivity index (χ1) is 13.2. The van der Waals surface area contributed by atoms with E-state index in [2.05, 4.69) is 46.9 Å². The largest absolute Gasteiger partial charge is 0.355 e. The number of rotatable bonds is 3. The predicted molar refractivity (Wildman–Crippen MR) is 110 cm³/mol. The van der Waals surface area contributed by atoms with E-state index in [0.717, 1.165) is 44.5 Å². The van der Waals surface area contributed by atoms with E-state index in [1.807, 2.05) is 30.3 Å². The molecular formula is C24H17FN2. The molecule has 27 heavy (non-hydrogen) atoms. The van der Waals surface area contributed by atoms with E-state index >= 15 is 0 Å². The molecule has 0 atom stereocenters. The molecular weight excluding hydrogens is 335 g/mol. The summed E-state index contributed by atoms with van der Waals surface area (Å²) in [5.74, 6) is -0.228. The second-order valence-corrected chi connectivity index (χ2v) is 6.74. The van der Waals surface area contributed by atoms with Gasteiger partial charge >= 0.3 is 0 Å². The SMILES string of the molecule is C=C(c1cccc(-c2cc3cc(F)ccc3[nH]2)c1)c1cc2ccccc2[nH]1. The molecule has 0 aliphatic carbocycles. The van der Waals surface area contributed by atoms with Gasteiger partial charge in [0.1, 0.15) is 5.82 Å². The van der Waals surface area contributed by atoms with E-state index in [1.54, 1.807) is 12.1 Å². The molecule has 0 bridgehead atoms. The minimum absolute atomic E-state index is 0.228. The molecule has 130 valence electrons. The van der Waals surface area contributed by atoms with Gasteiger partial charge in [-0.2, -0.15) is 0 Å². The van der Waals surface area contributed by atoms with Crippen LogP contribution in [0.15, 0.2) is 85.4 Å². The molecule has 5 rings (SSSR count). The Balaban J connectivity index is 1.55. The van der Waals surface area contributed by atoms with Crippen LogP contribution in [0.25, 0.3) is 38.6 Å². The number of benzene rings is 3. The van der Waals surface area contributed by atoms with Crippen molar-refractivity contribution in [3.63, 3.8) is 0 Å². The smallest absolute Gasteiger partial charge is 0.123 e. The maximum Gasteiger partial charge on any atom is 0.123 e. The molecule has 2 N–H and O–H groups in total. The van der Waals surface area contributed by atoms with Gasteiger partial charge in [0.15, 0.2) is 0 Å². The number of aromatic amines is 2. The molecule has 0 aliphatic rings. The zero-order chi connectivity index (χ0) is 18.4. The minimum atomic E-state index is -0.228. The Kier molecular flexibility index (Phi) is 3.47. The number of para-hydroxylation sites is 1. The zero-order valence-corrected chi connectivity index (χ0v) is 14.6. The summed E-state index contributed by atoms with van der Waals surface area (Å²) in [5, 5.41) is 2.03. The van der Waals surface area contributed by atoms with Crippen molar-refractivity contribution < 1.29 is 4.39 Å². The van der Waals surface area contributed by atoms with E-state index in [4.69, 9.17) is 0 Å². The van der Waals surface area contributed by atoms with Gasteiger partial charge in [0, 0.05) is 33.2 Å². The molecule has 0 unspecified atom stereocenters. The fraction of sp³-hybridized carbons (Fsp3) is 0. The number of fused-ring (bicyclic) bond motifs is 2. The highest BCUT2D eigenvalue weighted by Gasteiger charge is 2.09. The standard InChI is InChI=1S/C24H17FN2/c1-15(23-13-18-5-2-3-8-21(18)26-23)16-6-4-7-17(11-16)24-14-19-12-20(25)9-10-22(19)27-24/h2-14,26-27H,1H2. The molecule has 0 fully saturated rings. The van der Waals surface area contributed by atoms with Gasteiger partial charge in [-0.05, 0) is 59.2 Å². The molecule has 2 aromatic heterocycles. The fourth-order valence-electron chi connectivity index (χ4n) is 3.52. The average Bonchev–Trinajstić information content (AvgIpc) is 3.31. The van der Waals surface area contributed by atoms with E-state index < -0.39 is 0 Å². The van der Waals surface area contributed by atoms with Crippen molar-refractivity contribution in [2.24, 2.45) is 0 Å². The van der Waals surface area contributed by atoms with Crippen molar-refractivity contribution >= 4 is 27.4 Å². The number of halogens is 1. The molecule has 0 saturated heterocycles. The van der Waals surface area contributed by atoms with Crippen molar-refractivity contribution in [2.75, 3.05) is 0 Å². The Labute approximate surface area is 156 Å². The molecule has 0 radical (unpaired) electrons.